The molecule has 0 spiro atoms. The Morgan fingerprint density at radius 2 is 1.80 bits per heavy atom. The normalized spacial score (nSPS) is 19.4. The van der Waals surface area contributed by atoms with Crippen LogP contribution < -0.4 is 16.2 Å². The second kappa shape index (κ2) is 7.86. The van der Waals surface area contributed by atoms with Gasteiger partial charge in [0.1, 0.15) is 0 Å². The van der Waals surface area contributed by atoms with Gasteiger partial charge in [-0.05, 0) is 49.4 Å². The monoisotopic (exact) mass is 408 g/mol. The molecule has 1 saturated carbocycles. The first-order valence-electron chi connectivity index (χ1n) is 8.41. The van der Waals surface area contributed by atoms with Crippen molar-refractivity contribution in [2.24, 2.45) is 11.8 Å². The maximum Gasteiger partial charge on any atom is 0.337 e. The van der Waals surface area contributed by atoms with Crippen LogP contribution >= 0.6 is 15.9 Å². The summed E-state index contributed by atoms with van der Waals surface area (Å²) in [6.45, 7) is 1.36. The van der Waals surface area contributed by atoms with Crippen molar-refractivity contribution < 1.29 is 14.4 Å². The average molecular weight is 409 g/mol. The molecule has 1 aliphatic carbocycles. The molecule has 3 rings (SSSR count). The molecule has 0 radical (unpaired) electrons. The van der Waals surface area contributed by atoms with E-state index in [9.17, 15) is 14.4 Å². The lowest BCUT2D eigenvalue weighted by molar-refractivity contribution is -0.132. The van der Waals surface area contributed by atoms with Crippen LogP contribution in [0.15, 0.2) is 28.7 Å². The number of carbonyl (C=O) groups excluding carboxylic acids is 3. The predicted octanol–water partition coefficient (Wildman–Crippen LogP) is 2.25. The van der Waals surface area contributed by atoms with Gasteiger partial charge in [0, 0.05) is 35.6 Å². The average Bonchev–Trinajstić information content (AvgIpc) is 3.34. The minimum Gasteiger partial charge on any atom is -0.342 e. The van der Waals surface area contributed by atoms with Crippen LogP contribution in [0.25, 0.3) is 0 Å². The zero-order valence-corrected chi connectivity index (χ0v) is 15.3. The molecule has 2 aliphatic rings. The zero-order chi connectivity index (χ0) is 17.8. The smallest absolute Gasteiger partial charge is 0.337 e. The summed E-state index contributed by atoms with van der Waals surface area (Å²) in [5, 5.41) is 2.62. The van der Waals surface area contributed by atoms with Gasteiger partial charge in [-0.25, -0.2) is 10.2 Å². The van der Waals surface area contributed by atoms with E-state index in [1.165, 1.54) is 0 Å². The summed E-state index contributed by atoms with van der Waals surface area (Å²) >= 11 is 3.32. The van der Waals surface area contributed by atoms with Crippen molar-refractivity contribution >= 4 is 39.5 Å². The molecule has 134 valence electrons. The van der Waals surface area contributed by atoms with Gasteiger partial charge in [-0.15, -0.1) is 0 Å². The van der Waals surface area contributed by atoms with E-state index < -0.39 is 6.03 Å². The number of benzene rings is 1. The number of nitrogens with zero attached hydrogens (tertiary/aromatic N) is 1. The Labute approximate surface area is 154 Å². The number of likely N-dealkylation sites (tertiary alicyclic amines) is 1. The summed E-state index contributed by atoms with van der Waals surface area (Å²) < 4.78 is 0.914. The third kappa shape index (κ3) is 5.19. The number of anilines is 1. The van der Waals surface area contributed by atoms with Crippen LogP contribution in [-0.4, -0.2) is 35.8 Å². The minimum atomic E-state index is -0.507. The highest BCUT2D eigenvalue weighted by Gasteiger charge is 2.36. The van der Waals surface area contributed by atoms with E-state index in [0.717, 1.165) is 30.3 Å². The quantitative estimate of drug-likeness (QED) is 0.667. The number of hydrogen-bond donors (Lipinski definition) is 3. The van der Waals surface area contributed by atoms with Crippen molar-refractivity contribution in [1.29, 1.82) is 0 Å². The lowest BCUT2D eigenvalue weighted by atomic mass is 10.1. The molecule has 1 aliphatic heterocycles. The first-order chi connectivity index (χ1) is 12.0. The van der Waals surface area contributed by atoms with E-state index in [4.69, 9.17) is 0 Å². The molecule has 4 amide bonds. The molecule has 1 atom stereocenters. The van der Waals surface area contributed by atoms with E-state index in [1.807, 2.05) is 17.0 Å². The number of hydrogen-bond acceptors (Lipinski definition) is 3. The molecule has 1 aromatic carbocycles. The maximum atomic E-state index is 12.0. The van der Waals surface area contributed by atoms with Gasteiger partial charge in [-0.1, -0.05) is 15.9 Å². The number of urea groups is 1. The van der Waals surface area contributed by atoms with Gasteiger partial charge in [-0.3, -0.25) is 15.0 Å². The van der Waals surface area contributed by atoms with Gasteiger partial charge in [0.15, 0.2) is 0 Å². The highest BCUT2D eigenvalue weighted by atomic mass is 79.9. The summed E-state index contributed by atoms with van der Waals surface area (Å²) in [7, 11) is 0. The van der Waals surface area contributed by atoms with Crippen LogP contribution in [0.3, 0.4) is 0 Å². The van der Waals surface area contributed by atoms with Gasteiger partial charge in [0.25, 0.3) is 0 Å². The second-order valence-corrected chi connectivity index (χ2v) is 7.47. The summed E-state index contributed by atoms with van der Waals surface area (Å²) in [6.07, 6.45) is 3.12. The first-order valence-corrected chi connectivity index (χ1v) is 9.21. The van der Waals surface area contributed by atoms with Crippen molar-refractivity contribution in [2.75, 3.05) is 18.4 Å². The Hall–Kier alpha value is -2.09. The first kappa shape index (κ1) is 17.7. The molecule has 1 saturated heterocycles. The molecule has 0 bridgehead atoms. The highest BCUT2D eigenvalue weighted by molar-refractivity contribution is 9.10. The molecule has 25 heavy (non-hydrogen) atoms. The molecular weight excluding hydrogens is 388 g/mol. The summed E-state index contributed by atoms with van der Waals surface area (Å²) in [5.74, 6) is 0.349. The zero-order valence-electron chi connectivity index (χ0n) is 13.8. The van der Waals surface area contributed by atoms with Crippen LogP contribution in [0.4, 0.5) is 10.5 Å². The number of rotatable bonds is 4. The van der Waals surface area contributed by atoms with Crippen LogP contribution in [0, 0.1) is 11.8 Å². The number of hydrazine groups is 1. The predicted molar refractivity (Wildman–Crippen MR) is 96.5 cm³/mol. The van der Waals surface area contributed by atoms with Crippen LogP contribution in [-0.2, 0) is 9.59 Å². The molecule has 8 heteroatoms. The largest absolute Gasteiger partial charge is 0.342 e. The molecule has 7 nitrogen and oxygen atoms in total. The van der Waals surface area contributed by atoms with Crippen LogP contribution in [0.5, 0.6) is 0 Å². The van der Waals surface area contributed by atoms with Crippen molar-refractivity contribution in [2.45, 2.75) is 25.7 Å². The van der Waals surface area contributed by atoms with E-state index in [2.05, 4.69) is 32.1 Å². The molecule has 1 heterocycles. The topological polar surface area (TPSA) is 90.5 Å². The van der Waals surface area contributed by atoms with Gasteiger partial charge >= 0.3 is 6.03 Å². The number of amides is 4. The Morgan fingerprint density at radius 3 is 2.48 bits per heavy atom. The fourth-order valence-electron chi connectivity index (χ4n) is 2.92. The number of nitrogens with one attached hydrogen (secondary N) is 3. The molecule has 1 unspecified atom stereocenters. The fraction of sp³-hybridized carbons (Fsp3) is 0.471. The number of carbonyl (C=O) groups is 3. The maximum absolute atomic E-state index is 12.0. The van der Waals surface area contributed by atoms with Crippen LogP contribution in [0.1, 0.15) is 25.7 Å². The van der Waals surface area contributed by atoms with Crippen molar-refractivity contribution in [3.63, 3.8) is 0 Å². The molecule has 1 aromatic rings. The van der Waals surface area contributed by atoms with E-state index >= 15 is 0 Å². The summed E-state index contributed by atoms with van der Waals surface area (Å²) in [6, 6.07) is 6.60. The molecule has 0 aromatic heterocycles. The SMILES string of the molecule is O=C(CC1CCN(C(=O)C2CC2)C1)NNC(=O)Nc1ccc(Br)cc1. The van der Waals surface area contributed by atoms with Gasteiger partial charge in [0.05, 0.1) is 0 Å². The van der Waals surface area contributed by atoms with Crippen molar-refractivity contribution in [3.8, 4) is 0 Å². The Bertz CT molecular complexity index is 660. The van der Waals surface area contributed by atoms with Crippen molar-refractivity contribution in [3.05, 3.63) is 28.7 Å². The molecule has 2 fully saturated rings. The standard InChI is InChI=1S/C17H21BrN4O3/c18-13-3-5-14(6-4-13)19-17(25)21-20-15(23)9-11-7-8-22(10-11)16(24)12-1-2-12/h3-6,11-12H,1-2,7-10H2,(H,20,23)(H2,19,21,25). The highest BCUT2D eigenvalue weighted by Crippen LogP contribution is 2.33. The lowest BCUT2D eigenvalue weighted by Crippen LogP contribution is -2.44. The Kier molecular flexibility index (Phi) is 5.57. The number of halogens is 1. The van der Waals surface area contributed by atoms with E-state index in [0.29, 0.717) is 18.7 Å². The molecule has 3 N–H and O–H groups in total. The van der Waals surface area contributed by atoms with Gasteiger partial charge in [-0.2, -0.15) is 0 Å². The minimum absolute atomic E-state index is 0.152. The third-order valence-corrected chi connectivity index (χ3v) is 4.94. The van der Waals surface area contributed by atoms with E-state index in [-0.39, 0.29) is 23.7 Å². The van der Waals surface area contributed by atoms with E-state index in [1.54, 1.807) is 12.1 Å². The van der Waals surface area contributed by atoms with Gasteiger partial charge < -0.3 is 10.2 Å². The van der Waals surface area contributed by atoms with Crippen molar-refractivity contribution in [1.82, 2.24) is 15.8 Å². The Morgan fingerprint density at radius 1 is 1.08 bits per heavy atom. The Balaban J connectivity index is 1.35. The van der Waals surface area contributed by atoms with Crippen LogP contribution in [0.2, 0.25) is 0 Å². The molecular formula is C17H21BrN4O3. The lowest BCUT2D eigenvalue weighted by Gasteiger charge is -2.16. The summed E-state index contributed by atoms with van der Waals surface area (Å²) in [4.78, 5) is 37.6. The van der Waals surface area contributed by atoms with Gasteiger partial charge in [0.2, 0.25) is 11.8 Å². The summed E-state index contributed by atoms with van der Waals surface area (Å²) in [5.41, 5.74) is 5.37. The fourth-order valence-corrected chi connectivity index (χ4v) is 3.19. The second-order valence-electron chi connectivity index (χ2n) is 6.55. The third-order valence-electron chi connectivity index (χ3n) is 4.42.